The van der Waals surface area contributed by atoms with E-state index in [2.05, 4.69) is 5.32 Å². The van der Waals surface area contributed by atoms with Crippen molar-refractivity contribution in [1.29, 1.82) is 0 Å². The van der Waals surface area contributed by atoms with Gasteiger partial charge in [-0.3, -0.25) is 9.59 Å². The van der Waals surface area contributed by atoms with Crippen LogP contribution in [0.3, 0.4) is 0 Å². The topological polar surface area (TPSA) is 118 Å². The average Bonchev–Trinajstić information content (AvgIpc) is 2.13. The van der Waals surface area contributed by atoms with Crippen molar-refractivity contribution < 1.29 is 14.7 Å². The third-order valence-electron chi connectivity index (χ3n) is 1.69. The molecular weight excluding hydrogens is 186 g/mol. The van der Waals surface area contributed by atoms with Crippen LogP contribution in [0.5, 0.6) is 0 Å². The average molecular weight is 203 g/mol. The van der Waals surface area contributed by atoms with Gasteiger partial charge in [-0.05, 0) is 19.4 Å². The van der Waals surface area contributed by atoms with Gasteiger partial charge in [0.1, 0.15) is 0 Å². The Balaban J connectivity index is 3.56. The normalized spacial score (nSPS) is 12.1. The van der Waals surface area contributed by atoms with Crippen molar-refractivity contribution in [2.75, 3.05) is 13.1 Å². The first-order valence-corrected chi connectivity index (χ1v) is 4.53. The first-order chi connectivity index (χ1) is 6.57. The van der Waals surface area contributed by atoms with Crippen LogP contribution in [0.25, 0.3) is 0 Å². The highest BCUT2D eigenvalue weighted by Gasteiger charge is 2.11. The number of carbonyl (C=O) groups is 2. The van der Waals surface area contributed by atoms with Crippen LogP contribution in [-0.2, 0) is 9.59 Å². The van der Waals surface area contributed by atoms with Crippen LogP contribution in [0, 0.1) is 0 Å². The summed E-state index contributed by atoms with van der Waals surface area (Å²) in [6, 6.07) is -0.590. The fourth-order valence-corrected chi connectivity index (χ4v) is 0.893. The van der Waals surface area contributed by atoms with Gasteiger partial charge in [-0.2, -0.15) is 0 Å². The Bertz CT molecular complexity index is 196. The van der Waals surface area contributed by atoms with Gasteiger partial charge in [0.15, 0.2) is 0 Å². The number of carboxylic acid groups (broad SMARTS) is 1. The maximum atomic E-state index is 11.2. The molecule has 0 radical (unpaired) electrons. The van der Waals surface area contributed by atoms with Crippen molar-refractivity contribution in [2.45, 2.75) is 25.3 Å². The number of carboxylic acids is 1. The van der Waals surface area contributed by atoms with Crippen LogP contribution in [0.1, 0.15) is 19.3 Å². The van der Waals surface area contributed by atoms with Gasteiger partial charge < -0.3 is 21.9 Å². The molecule has 0 aromatic heterocycles. The summed E-state index contributed by atoms with van der Waals surface area (Å²) in [7, 11) is 0. The zero-order chi connectivity index (χ0) is 11.0. The largest absolute Gasteiger partial charge is 0.481 e. The lowest BCUT2D eigenvalue weighted by Gasteiger charge is -2.10. The van der Waals surface area contributed by atoms with Crippen molar-refractivity contribution in [1.82, 2.24) is 5.32 Å². The molecule has 0 aliphatic heterocycles. The molecule has 0 saturated heterocycles. The highest BCUT2D eigenvalue weighted by Crippen LogP contribution is 1.92. The predicted molar refractivity (Wildman–Crippen MR) is 51.5 cm³/mol. The molecule has 0 heterocycles. The number of carbonyl (C=O) groups excluding carboxylic acids is 1. The number of rotatable bonds is 7. The SMILES string of the molecule is NCCC[C@H](N)C(=O)NCCC(=O)O. The highest BCUT2D eigenvalue weighted by atomic mass is 16.4. The van der Waals surface area contributed by atoms with Crippen molar-refractivity contribution >= 4 is 11.9 Å². The van der Waals surface area contributed by atoms with E-state index in [4.69, 9.17) is 16.6 Å². The molecule has 0 bridgehead atoms. The van der Waals surface area contributed by atoms with E-state index < -0.39 is 12.0 Å². The van der Waals surface area contributed by atoms with Gasteiger partial charge >= 0.3 is 5.97 Å². The Morgan fingerprint density at radius 3 is 2.57 bits per heavy atom. The molecule has 0 saturated carbocycles. The van der Waals surface area contributed by atoms with E-state index in [0.717, 1.165) is 0 Å². The monoisotopic (exact) mass is 203 g/mol. The summed E-state index contributed by atoms with van der Waals surface area (Å²) in [5.41, 5.74) is 10.8. The zero-order valence-electron chi connectivity index (χ0n) is 8.03. The molecule has 1 atom stereocenters. The fraction of sp³-hybridized carbons (Fsp3) is 0.750. The Labute approximate surface area is 82.6 Å². The first kappa shape index (κ1) is 12.9. The van der Waals surface area contributed by atoms with Crippen LogP contribution in [-0.4, -0.2) is 36.1 Å². The molecule has 82 valence electrons. The van der Waals surface area contributed by atoms with E-state index in [0.29, 0.717) is 19.4 Å². The maximum absolute atomic E-state index is 11.2. The van der Waals surface area contributed by atoms with Crippen LogP contribution in [0.15, 0.2) is 0 Å². The second-order valence-electron chi connectivity index (χ2n) is 2.97. The lowest BCUT2D eigenvalue weighted by atomic mass is 10.1. The van der Waals surface area contributed by atoms with E-state index in [-0.39, 0.29) is 18.9 Å². The molecule has 14 heavy (non-hydrogen) atoms. The molecule has 6 heteroatoms. The molecule has 6 N–H and O–H groups in total. The Kier molecular flexibility index (Phi) is 6.69. The van der Waals surface area contributed by atoms with Gasteiger partial charge in [0, 0.05) is 6.54 Å². The molecular formula is C8H17N3O3. The van der Waals surface area contributed by atoms with Crippen LogP contribution < -0.4 is 16.8 Å². The van der Waals surface area contributed by atoms with Crippen LogP contribution in [0.4, 0.5) is 0 Å². The van der Waals surface area contributed by atoms with Crippen LogP contribution >= 0.6 is 0 Å². The van der Waals surface area contributed by atoms with Gasteiger partial charge in [-0.15, -0.1) is 0 Å². The van der Waals surface area contributed by atoms with Gasteiger partial charge in [0.25, 0.3) is 0 Å². The molecule has 0 spiro atoms. The Morgan fingerprint density at radius 2 is 2.07 bits per heavy atom. The Hall–Kier alpha value is -1.14. The molecule has 1 amide bonds. The second-order valence-corrected chi connectivity index (χ2v) is 2.97. The fourth-order valence-electron chi connectivity index (χ4n) is 0.893. The molecule has 0 aromatic rings. The lowest BCUT2D eigenvalue weighted by molar-refractivity contribution is -0.136. The van der Waals surface area contributed by atoms with Gasteiger partial charge in [-0.1, -0.05) is 0 Å². The smallest absolute Gasteiger partial charge is 0.305 e. The Morgan fingerprint density at radius 1 is 1.43 bits per heavy atom. The molecule has 6 nitrogen and oxygen atoms in total. The molecule has 0 aliphatic carbocycles. The molecule has 0 fully saturated rings. The third-order valence-corrected chi connectivity index (χ3v) is 1.69. The lowest BCUT2D eigenvalue weighted by Crippen LogP contribution is -2.41. The van der Waals surface area contributed by atoms with Crippen LogP contribution in [0.2, 0.25) is 0 Å². The highest BCUT2D eigenvalue weighted by molar-refractivity contribution is 5.81. The summed E-state index contributed by atoms with van der Waals surface area (Å²) in [6.07, 6.45) is 1.12. The van der Waals surface area contributed by atoms with E-state index in [1.54, 1.807) is 0 Å². The summed E-state index contributed by atoms with van der Waals surface area (Å²) in [5.74, 6) is -1.26. The minimum Gasteiger partial charge on any atom is -0.481 e. The number of hydrogen-bond donors (Lipinski definition) is 4. The number of nitrogens with one attached hydrogen (secondary N) is 1. The quantitative estimate of drug-likeness (QED) is 0.407. The second kappa shape index (κ2) is 7.28. The standard InChI is InChI=1S/C8H17N3O3/c9-4-1-2-6(10)8(14)11-5-3-7(12)13/h6H,1-5,9-10H2,(H,11,14)(H,12,13)/t6-/m0/s1. The van der Waals surface area contributed by atoms with E-state index in [9.17, 15) is 9.59 Å². The van der Waals surface area contributed by atoms with Crippen molar-refractivity contribution in [3.63, 3.8) is 0 Å². The minimum absolute atomic E-state index is 0.0879. The molecule has 0 unspecified atom stereocenters. The van der Waals surface area contributed by atoms with E-state index in [1.165, 1.54) is 0 Å². The third kappa shape index (κ3) is 6.38. The summed E-state index contributed by atoms with van der Waals surface area (Å²) in [6.45, 7) is 0.612. The first-order valence-electron chi connectivity index (χ1n) is 4.53. The van der Waals surface area contributed by atoms with E-state index >= 15 is 0 Å². The van der Waals surface area contributed by atoms with Crippen molar-refractivity contribution in [2.24, 2.45) is 11.5 Å². The summed E-state index contributed by atoms with van der Waals surface area (Å²) >= 11 is 0. The molecule has 0 aromatic carbocycles. The maximum Gasteiger partial charge on any atom is 0.305 e. The van der Waals surface area contributed by atoms with Crippen molar-refractivity contribution in [3.05, 3.63) is 0 Å². The number of hydrogen-bond acceptors (Lipinski definition) is 4. The number of amides is 1. The zero-order valence-corrected chi connectivity index (χ0v) is 8.03. The summed E-state index contributed by atoms with van der Waals surface area (Å²) in [5, 5.41) is 10.7. The predicted octanol–water partition coefficient (Wildman–Crippen LogP) is -1.36. The molecule has 0 rings (SSSR count). The van der Waals surface area contributed by atoms with Gasteiger partial charge in [0.05, 0.1) is 12.5 Å². The molecule has 0 aliphatic rings. The van der Waals surface area contributed by atoms with E-state index in [1.807, 2.05) is 0 Å². The summed E-state index contributed by atoms with van der Waals surface area (Å²) in [4.78, 5) is 21.3. The van der Waals surface area contributed by atoms with Gasteiger partial charge in [0.2, 0.25) is 5.91 Å². The number of aliphatic carboxylic acids is 1. The minimum atomic E-state index is -0.944. The summed E-state index contributed by atoms with van der Waals surface area (Å²) < 4.78 is 0. The van der Waals surface area contributed by atoms with Crippen molar-refractivity contribution in [3.8, 4) is 0 Å². The number of nitrogens with two attached hydrogens (primary N) is 2. The van der Waals surface area contributed by atoms with Gasteiger partial charge in [-0.25, -0.2) is 0 Å².